The normalized spacial score (nSPS) is 21.2. The molecular weight excluding hydrogens is 410 g/mol. The summed E-state index contributed by atoms with van der Waals surface area (Å²) < 4.78 is 7.92. The number of ether oxygens (including phenoxy) is 1. The topological polar surface area (TPSA) is 101 Å². The number of aromatic nitrogens is 3. The predicted octanol–water partition coefficient (Wildman–Crippen LogP) is 1.57. The van der Waals surface area contributed by atoms with Gasteiger partial charge in [-0.15, -0.1) is 5.10 Å². The van der Waals surface area contributed by atoms with Gasteiger partial charge >= 0.3 is 0 Å². The van der Waals surface area contributed by atoms with Crippen LogP contribution in [-0.2, 0) is 22.7 Å². The fraction of sp³-hybridized carbons (Fsp3) is 0.565. The summed E-state index contributed by atoms with van der Waals surface area (Å²) in [5, 5.41) is 18.0. The number of hydrogen-bond acceptors (Lipinski definition) is 6. The lowest BCUT2D eigenvalue weighted by atomic mass is 10.0. The van der Waals surface area contributed by atoms with E-state index in [1.807, 2.05) is 38.2 Å². The zero-order valence-corrected chi connectivity index (χ0v) is 19.1. The van der Waals surface area contributed by atoms with Gasteiger partial charge in [-0.1, -0.05) is 30.3 Å². The first-order valence-electron chi connectivity index (χ1n) is 11.1. The van der Waals surface area contributed by atoms with Crippen LogP contribution in [0.2, 0.25) is 0 Å². The zero-order valence-electron chi connectivity index (χ0n) is 19.1. The largest absolute Gasteiger partial charge is 0.394 e. The van der Waals surface area contributed by atoms with Crippen molar-refractivity contribution in [1.29, 1.82) is 0 Å². The molecule has 1 aliphatic heterocycles. The maximum absolute atomic E-state index is 12.9. The Bertz CT molecular complexity index is 888. The summed E-state index contributed by atoms with van der Waals surface area (Å²) in [7, 11) is 1.75. The van der Waals surface area contributed by atoms with Crippen LogP contribution in [0.25, 0.3) is 0 Å². The number of aliphatic hydroxyl groups is 1. The van der Waals surface area contributed by atoms with E-state index in [0.29, 0.717) is 43.7 Å². The number of nitrogens with zero attached hydrogens (tertiary/aromatic N) is 5. The second kappa shape index (κ2) is 11.2. The molecule has 9 nitrogen and oxygen atoms in total. The van der Waals surface area contributed by atoms with Crippen LogP contribution in [0.5, 0.6) is 0 Å². The van der Waals surface area contributed by atoms with Crippen molar-refractivity contribution in [3.63, 3.8) is 0 Å². The monoisotopic (exact) mass is 443 g/mol. The van der Waals surface area contributed by atoms with Crippen molar-refractivity contribution in [3.05, 3.63) is 47.8 Å². The van der Waals surface area contributed by atoms with Crippen molar-refractivity contribution >= 4 is 11.8 Å². The Morgan fingerprint density at radius 3 is 2.81 bits per heavy atom. The molecule has 3 rings (SSSR count). The minimum atomic E-state index is -0.334. The lowest BCUT2D eigenvalue weighted by Crippen LogP contribution is -2.47. The van der Waals surface area contributed by atoms with E-state index in [9.17, 15) is 14.7 Å². The molecule has 2 aromatic rings. The third-order valence-electron chi connectivity index (χ3n) is 5.87. The van der Waals surface area contributed by atoms with Crippen LogP contribution in [0.4, 0.5) is 0 Å². The van der Waals surface area contributed by atoms with Crippen LogP contribution < -0.4 is 0 Å². The Kier molecular flexibility index (Phi) is 8.35. The fourth-order valence-corrected chi connectivity index (χ4v) is 3.85. The Morgan fingerprint density at radius 1 is 1.34 bits per heavy atom. The van der Waals surface area contributed by atoms with Crippen LogP contribution in [0, 0.1) is 5.92 Å². The number of fused-ring (bicyclic) bond motifs is 2. The van der Waals surface area contributed by atoms with E-state index < -0.39 is 0 Å². The van der Waals surface area contributed by atoms with Gasteiger partial charge in [-0.25, -0.2) is 0 Å². The number of aryl methyl sites for hydroxylation is 1. The first-order valence-corrected chi connectivity index (χ1v) is 11.1. The van der Waals surface area contributed by atoms with Gasteiger partial charge in [0.25, 0.3) is 5.91 Å². The Hall–Kier alpha value is -2.78. The fourth-order valence-electron chi connectivity index (χ4n) is 3.85. The summed E-state index contributed by atoms with van der Waals surface area (Å²) in [5.41, 5.74) is 1.33. The summed E-state index contributed by atoms with van der Waals surface area (Å²) in [4.78, 5) is 29.2. The number of amides is 2. The second-order valence-electron chi connectivity index (χ2n) is 8.53. The number of rotatable bonds is 5. The quantitative estimate of drug-likeness (QED) is 0.753. The molecule has 0 aliphatic carbocycles. The van der Waals surface area contributed by atoms with Crippen LogP contribution in [0.1, 0.15) is 42.7 Å². The highest BCUT2D eigenvalue weighted by Gasteiger charge is 2.29. The first kappa shape index (κ1) is 23.9. The molecule has 0 fully saturated rings. The highest BCUT2D eigenvalue weighted by atomic mass is 16.5. The molecular formula is C23H33N5O4. The van der Waals surface area contributed by atoms with E-state index >= 15 is 0 Å². The second-order valence-corrected chi connectivity index (χ2v) is 8.53. The molecule has 2 bridgehead atoms. The van der Waals surface area contributed by atoms with Crippen molar-refractivity contribution in [1.82, 2.24) is 24.8 Å². The van der Waals surface area contributed by atoms with Crippen molar-refractivity contribution in [3.8, 4) is 0 Å². The standard InChI is InChI=1S/C23H33N5O4/c1-17-12-28(18(2)15-29)22(30)10-7-11-27-13-20(24-25-27)16-32-21(17)14-26(3)23(31)19-8-5-4-6-9-19/h4-6,8-9,13,17-18,21,29H,7,10-12,14-16H2,1-3H3/t17-,18-,21+/m0/s1. The Balaban J connectivity index is 1.80. The average molecular weight is 444 g/mol. The van der Waals surface area contributed by atoms with Crippen LogP contribution >= 0.6 is 0 Å². The van der Waals surface area contributed by atoms with Crippen molar-refractivity contribution in [2.45, 2.75) is 52.0 Å². The molecule has 9 heteroatoms. The van der Waals surface area contributed by atoms with E-state index in [2.05, 4.69) is 10.3 Å². The number of aliphatic hydroxyl groups excluding tert-OH is 1. The van der Waals surface area contributed by atoms with Gasteiger partial charge in [-0.3, -0.25) is 14.3 Å². The molecule has 0 radical (unpaired) electrons. The molecule has 2 amide bonds. The molecule has 1 aromatic carbocycles. The summed E-state index contributed by atoms with van der Waals surface area (Å²) in [6, 6.07) is 8.82. The van der Waals surface area contributed by atoms with E-state index in [4.69, 9.17) is 4.74 Å². The average Bonchev–Trinajstić information content (AvgIpc) is 3.26. The molecule has 0 saturated carbocycles. The summed E-state index contributed by atoms with van der Waals surface area (Å²) in [6.45, 7) is 5.39. The van der Waals surface area contributed by atoms with E-state index in [1.54, 1.807) is 33.7 Å². The van der Waals surface area contributed by atoms with Gasteiger partial charge in [-0.2, -0.15) is 0 Å². The number of carbonyl (C=O) groups excluding carboxylic acids is 2. The van der Waals surface area contributed by atoms with Crippen molar-refractivity contribution in [2.24, 2.45) is 5.92 Å². The third-order valence-corrected chi connectivity index (χ3v) is 5.87. The van der Waals surface area contributed by atoms with E-state index in [-0.39, 0.29) is 43.1 Å². The van der Waals surface area contributed by atoms with Gasteiger partial charge in [0, 0.05) is 44.6 Å². The molecule has 1 aliphatic rings. The summed E-state index contributed by atoms with van der Waals surface area (Å²) in [5.74, 6) is -0.174. The maximum atomic E-state index is 12.9. The molecule has 3 atom stereocenters. The van der Waals surface area contributed by atoms with Gasteiger partial charge in [-0.05, 0) is 25.5 Å². The Morgan fingerprint density at radius 2 is 2.09 bits per heavy atom. The Labute approximate surface area is 189 Å². The van der Waals surface area contributed by atoms with Gasteiger partial charge in [0.2, 0.25) is 5.91 Å². The van der Waals surface area contributed by atoms with Crippen molar-refractivity contribution in [2.75, 3.05) is 26.7 Å². The maximum Gasteiger partial charge on any atom is 0.253 e. The SMILES string of the molecule is C[C@H]1CN([C@@H](C)CO)C(=O)CCCn2cc(nn2)CO[C@@H]1CN(C)C(=O)c1ccccc1. The zero-order chi connectivity index (χ0) is 23.1. The molecule has 0 saturated heterocycles. The smallest absolute Gasteiger partial charge is 0.253 e. The third kappa shape index (κ3) is 6.14. The lowest BCUT2D eigenvalue weighted by molar-refractivity contribution is -0.136. The van der Waals surface area contributed by atoms with Crippen LogP contribution in [-0.4, -0.2) is 80.6 Å². The highest BCUT2D eigenvalue weighted by molar-refractivity contribution is 5.94. The molecule has 0 unspecified atom stereocenters. The molecule has 32 heavy (non-hydrogen) atoms. The van der Waals surface area contributed by atoms with E-state index in [1.165, 1.54) is 0 Å². The van der Waals surface area contributed by atoms with Gasteiger partial charge in [0.05, 0.1) is 31.6 Å². The van der Waals surface area contributed by atoms with Crippen molar-refractivity contribution < 1.29 is 19.4 Å². The van der Waals surface area contributed by atoms with Crippen LogP contribution in [0.3, 0.4) is 0 Å². The lowest BCUT2D eigenvalue weighted by Gasteiger charge is -2.35. The van der Waals surface area contributed by atoms with Gasteiger partial charge < -0.3 is 19.6 Å². The molecule has 0 spiro atoms. The van der Waals surface area contributed by atoms with Crippen LogP contribution in [0.15, 0.2) is 36.5 Å². The minimum absolute atomic E-state index is 0.00884. The molecule has 1 N–H and O–H groups in total. The van der Waals surface area contributed by atoms with Gasteiger partial charge in [0.1, 0.15) is 5.69 Å². The molecule has 174 valence electrons. The number of hydrogen-bond donors (Lipinski definition) is 1. The molecule has 1 aromatic heterocycles. The molecule has 2 heterocycles. The number of carbonyl (C=O) groups is 2. The van der Waals surface area contributed by atoms with E-state index in [0.717, 1.165) is 0 Å². The highest BCUT2D eigenvalue weighted by Crippen LogP contribution is 2.18. The minimum Gasteiger partial charge on any atom is -0.394 e. The number of likely N-dealkylation sites (N-methyl/N-ethyl adjacent to an activating group) is 1. The summed E-state index contributed by atoms with van der Waals surface area (Å²) >= 11 is 0. The number of benzene rings is 1. The summed E-state index contributed by atoms with van der Waals surface area (Å²) in [6.07, 6.45) is 2.50. The first-order chi connectivity index (χ1) is 15.4. The van der Waals surface area contributed by atoms with Gasteiger partial charge in [0.15, 0.2) is 0 Å². The predicted molar refractivity (Wildman–Crippen MR) is 119 cm³/mol.